The number of methoxy groups -OCH3 is 1. The van der Waals surface area contributed by atoms with Crippen LogP contribution in [0.3, 0.4) is 0 Å². The molecular weight excluding hydrogens is 230 g/mol. The van der Waals surface area contributed by atoms with Crippen molar-refractivity contribution < 1.29 is 4.74 Å². The van der Waals surface area contributed by atoms with E-state index in [1.807, 2.05) is 0 Å². The Morgan fingerprint density at radius 2 is 2.24 bits per heavy atom. The monoisotopic (exact) mass is 247 g/mol. The molecule has 2 nitrogen and oxygen atoms in total. The number of benzene rings is 1. The number of thiazole rings is 1. The molecule has 0 saturated heterocycles. The molecule has 3 rings (SSSR count). The van der Waals surface area contributed by atoms with Crippen LogP contribution in [0.2, 0.25) is 0 Å². The van der Waals surface area contributed by atoms with Crippen molar-refractivity contribution in [1.82, 2.24) is 4.98 Å². The van der Waals surface area contributed by atoms with Crippen LogP contribution in [0, 0.1) is 12.8 Å². The Kier molecular flexibility index (Phi) is 2.79. The molecule has 1 aromatic heterocycles. The number of ether oxygens (including phenoxy) is 1. The summed E-state index contributed by atoms with van der Waals surface area (Å²) in [5.41, 5.74) is 2.55. The fourth-order valence-corrected chi connectivity index (χ4v) is 3.16. The minimum absolute atomic E-state index is 0.965. The summed E-state index contributed by atoms with van der Waals surface area (Å²) in [6.07, 6.45) is 5.28. The van der Waals surface area contributed by atoms with Crippen molar-refractivity contribution in [1.29, 1.82) is 0 Å². The van der Waals surface area contributed by atoms with Crippen molar-refractivity contribution in [3.63, 3.8) is 0 Å². The van der Waals surface area contributed by atoms with Gasteiger partial charge in [0, 0.05) is 0 Å². The molecule has 0 radical (unpaired) electrons. The third kappa shape index (κ3) is 2.29. The second kappa shape index (κ2) is 4.30. The number of aromatic nitrogens is 1. The summed E-state index contributed by atoms with van der Waals surface area (Å²) in [7, 11) is 1.74. The highest BCUT2D eigenvalue weighted by molar-refractivity contribution is 7.18. The largest absolute Gasteiger partial charge is 0.497 e. The lowest BCUT2D eigenvalue weighted by molar-refractivity contribution is 0.415. The van der Waals surface area contributed by atoms with E-state index in [9.17, 15) is 0 Å². The van der Waals surface area contributed by atoms with Gasteiger partial charge in [-0.05, 0) is 43.4 Å². The Morgan fingerprint density at radius 3 is 2.94 bits per heavy atom. The minimum atomic E-state index is 0.965. The maximum atomic E-state index is 5.37. The highest BCUT2D eigenvalue weighted by atomic mass is 32.1. The van der Waals surface area contributed by atoms with Crippen molar-refractivity contribution in [2.45, 2.75) is 32.6 Å². The third-order valence-corrected chi connectivity index (χ3v) is 4.33. The Balaban J connectivity index is 1.98. The highest BCUT2D eigenvalue weighted by Gasteiger charge is 2.21. The molecule has 2 aromatic rings. The van der Waals surface area contributed by atoms with Crippen LogP contribution in [-0.4, -0.2) is 12.1 Å². The first kappa shape index (κ1) is 11.0. The topological polar surface area (TPSA) is 22.1 Å². The van der Waals surface area contributed by atoms with Crippen LogP contribution in [0.5, 0.6) is 5.75 Å². The van der Waals surface area contributed by atoms with Gasteiger partial charge in [-0.15, -0.1) is 11.3 Å². The molecule has 0 amide bonds. The van der Waals surface area contributed by atoms with Gasteiger partial charge in [-0.2, -0.15) is 0 Å². The van der Waals surface area contributed by atoms with Crippen molar-refractivity contribution in [3.05, 3.63) is 22.7 Å². The van der Waals surface area contributed by atoms with E-state index in [1.54, 1.807) is 18.4 Å². The predicted molar refractivity (Wildman–Crippen MR) is 72.0 cm³/mol. The molecule has 1 saturated carbocycles. The number of rotatable bonds is 4. The molecule has 0 atom stereocenters. The summed E-state index contributed by atoms with van der Waals surface area (Å²) in [5.74, 6) is 1.93. The van der Waals surface area contributed by atoms with Crippen LogP contribution >= 0.6 is 11.3 Å². The highest BCUT2D eigenvalue weighted by Crippen LogP contribution is 2.36. The second-order valence-electron chi connectivity index (χ2n) is 4.85. The van der Waals surface area contributed by atoms with Crippen molar-refractivity contribution in [2.24, 2.45) is 5.92 Å². The molecule has 1 aliphatic carbocycles. The first-order valence-electron chi connectivity index (χ1n) is 6.20. The van der Waals surface area contributed by atoms with Crippen LogP contribution in [0.25, 0.3) is 10.2 Å². The fraction of sp³-hybridized carbons (Fsp3) is 0.500. The quantitative estimate of drug-likeness (QED) is 0.816. The Hall–Kier alpha value is -1.09. The van der Waals surface area contributed by atoms with Crippen molar-refractivity contribution in [2.75, 3.05) is 7.11 Å². The zero-order chi connectivity index (χ0) is 11.8. The van der Waals surface area contributed by atoms with Crippen molar-refractivity contribution >= 4 is 21.6 Å². The van der Waals surface area contributed by atoms with E-state index in [4.69, 9.17) is 4.74 Å². The van der Waals surface area contributed by atoms with Gasteiger partial charge in [-0.25, -0.2) is 4.98 Å². The number of hydrogen-bond acceptors (Lipinski definition) is 3. The molecule has 1 aromatic carbocycles. The third-order valence-electron chi connectivity index (χ3n) is 3.41. The van der Waals surface area contributed by atoms with E-state index in [-0.39, 0.29) is 0 Å². The van der Waals surface area contributed by atoms with E-state index < -0.39 is 0 Å². The Bertz CT molecular complexity index is 542. The molecule has 90 valence electrons. The average Bonchev–Trinajstić information content (AvgIpc) is 3.06. The molecule has 1 fully saturated rings. The summed E-state index contributed by atoms with van der Waals surface area (Å²) >= 11 is 1.75. The van der Waals surface area contributed by atoms with Crippen LogP contribution in [0.4, 0.5) is 0 Å². The maximum Gasteiger partial charge on any atom is 0.120 e. The zero-order valence-electron chi connectivity index (χ0n) is 10.3. The van der Waals surface area contributed by atoms with Gasteiger partial charge in [0.05, 0.1) is 22.3 Å². The van der Waals surface area contributed by atoms with Gasteiger partial charge in [0.25, 0.3) is 0 Å². The van der Waals surface area contributed by atoms with Gasteiger partial charge in [0.15, 0.2) is 0 Å². The number of hydrogen-bond donors (Lipinski definition) is 0. The van der Waals surface area contributed by atoms with E-state index in [0.717, 1.165) is 23.1 Å². The van der Waals surface area contributed by atoms with Crippen molar-refractivity contribution in [3.8, 4) is 5.75 Å². The van der Waals surface area contributed by atoms with Crippen LogP contribution in [0.1, 0.15) is 29.8 Å². The van der Waals surface area contributed by atoms with E-state index in [1.165, 1.54) is 35.0 Å². The van der Waals surface area contributed by atoms with E-state index in [2.05, 4.69) is 24.0 Å². The lowest BCUT2D eigenvalue weighted by Crippen LogP contribution is -1.91. The summed E-state index contributed by atoms with van der Waals surface area (Å²) in [6.45, 7) is 2.07. The standard InChI is InChI=1S/C14H17NOS/c1-9-15-14-11(6-5-10-3-4-10)7-12(16-2)8-13(14)17-9/h7-8,10H,3-6H2,1-2H3. The molecular formula is C14H17NOS. The SMILES string of the molecule is COc1cc(CCC2CC2)c2nc(C)sc2c1. The number of fused-ring (bicyclic) bond motifs is 1. The molecule has 3 heteroatoms. The smallest absolute Gasteiger partial charge is 0.120 e. The van der Waals surface area contributed by atoms with E-state index >= 15 is 0 Å². The zero-order valence-corrected chi connectivity index (χ0v) is 11.1. The molecule has 1 aliphatic rings. The summed E-state index contributed by atoms with van der Waals surface area (Å²) in [4.78, 5) is 4.65. The van der Waals surface area contributed by atoms with Gasteiger partial charge in [-0.3, -0.25) is 0 Å². The van der Waals surface area contributed by atoms with Crippen LogP contribution < -0.4 is 4.74 Å². The van der Waals surface area contributed by atoms with Gasteiger partial charge >= 0.3 is 0 Å². The molecule has 0 spiro atoms. The molecule has 0 aliphatic heterocycles. The van der Waals surface area contributed by atoms with Gasteiger partial charge in [0.2, 0.25) is 0 Å². The Labute approximate surface area is 106 Å². The van der Waals surface area contributed by atoms with E-state index in [0.29, 0.717) is 0 Å². The lowest BCUT2D eigenvalue weighted by Gasteiger charge is -2.05. The second-order valence-corrected chi connectivity index (χ2v) is 6.08. The summed E-state index contributed by atoms with van der Waals surface area (Å²) in [5, 5.41) is 1.14. The first-order valence-corrected chi connectivity index (χ1v) is 7.02. The van der Waals surface area contributed by atoms with Crippen LogP contribution in [-0.2, 0) is 6.42 Å². The molecule has 0 bridgehead atoms. The molecule has 0 unspecified atom stereocenters. The van der Waals surface area contributed by atoms with Gasteiger partial charge < -0.3 is 4.74 Å². The van der Waals surface area contributed by atoms with Crippen LogP contribution in [0.15, 0.2) is 12.1 Å². The average molecular weight is 247 g/mol. The van der Waals surface area contributed by atoms with Gasteiger partial charge in [0.1, 0.15) is 5.75 Å². The molecule has 17 heavy (non-hydrogen) atoms. The number of aryl methyl sites for hydroxylation is 2. The fourth-order valence-electron chi connectivity index (χ4n) is 2.26. The summed E-state index contributed by atoms with van der Waals surface area (Å²) < 4.78 is 6.63. The normalized spacial score (nSPS) is 15.4. The predicted octanol–water partition coefficient (Wildman–Crippen LogP) is 3.96. The molecule has 1 heterocycles. The first-order chi connectivity index (χ1) is 8.26. The maximum absolute atomic E-state index is 5.37. The minimum Gasteiger partial charge on any atom is -0.497 e. The lowest BCUT2D eigenvalue weighted by atomic mass is 10.1. The summed E-state index contributed by atoms with van der Waals surface area (Å²) in [6, 6.07) is 4.25. The number of nitrogens with zero attached hydrogens (tertiary/aromatic N) is 1. The van der Waals surface area contributed by atoms with Gasteiger partial charge in [-0.1, -0.05) is 12.8 Å². The Morgan fingerprint density at radius 1 is 1.41 bits per heavy atom. The molecule has 0 N–H and O–H groups in total.